The Hall–Kier alpha value is -3.86. The van der Waals surface area contributed by atoms with Crippen molar-refractivity contribution in [3.8, 4) is 11.3 Å². The van der Waals surface area contributed by atoms with Crippen LogP contribution in [0, 0.1) is 0 Å². The number of anilines is 2. The normalized spacial score (nSPS) is 15.6. The van der Waals surface area contributed by atoms with E-state index in [9.17, 15) is 0 Å². The maximum atomic E-state index is 6.57. The van der Waals surface area contributed by atoms with E-state index in [-0.39, 0.29) is 12.2 Å². The van der Waals surface area contributed by atoms with E-state index in [2.05, 4.69) is 131 Å². The van der Waals surface area contributed by atoms with Gasteiger partial charge in [0.1, 0.15) is 6.10 Å². The van der Waals surface area contributed by atoms with Crippen molar-refractivity contribution >= 4 is 22.3 Å². The number of aromatic nitrogens is 1. The summed E-state index contributed by atoms with van der Waals surface area (Å²) in [7, 11) is 0. The number of hydrogen-bond acceptors (Lipinski definition) is 3. The second-order valence-corrected chi connectivity index (χ2v) is 9.26. The number of ether oxygens (including phenoxy) is 2. The van der Waals surface area contributed by atoms with Crippen LogP contribution in [0.1, 0.15) is 0 Å². The summed E-state index contributed by atoms with van der Waals surface area (Å²) in [5, 5.41) is 1.24. The lowest BCUT2D eigenvalue weighted by Crippen LogP contribution is -2.35. The van der Waals surface area contributed by atoms with E-state index in [1.54, 1.807) is 0 Å². The van der Waals surface area contributed by atoms with Gasteiger partial charge in [-0.25, -0.2) is 0 Å². The molecule has 2 atom stereocenters. The van der Waals surface area contributed by atoms with Crippen LogP contribution >= 0.6 is 0 Å². The van der Waals surface area contributed by atoms with Gasteiger partial charge in [-0.05, 0) is 42.0 Å². The molecule has 0 radical (unpaired) electrons. The van der Waals surface area contributed by atoms with Crippen molar-refractivity contribution in [1.82, 2.24) is 4.57 Å². The molecule has 180 valence electrons. The van der Waals surface area contributed by atoms with Crippen molar-refractivity contribution in [3.05, 3.63) is 121 Å². The maximum Gasteiger partial charge on any atom is 0.104 e. The molecule has 1 aromatic heterocycles. The monoisotopic (exact) mass is 474 g/mol. The van der Waals surface area contributed by atoms with Gasteiger partial charge in [0, 0.05) is 28.0 Å². The first-order valence-electron chi connectivity index (χ1n) is 12.6. The largest absolute Gasteiger partial charge is 0.372 e. The third-order valence-electron chi connectivity index (χ3n) is 6.71. The zero-order valence-electron chi connectivity index (χ0n) is 20.2. The fourth-order valence-electron chi connectivity index (χ4n) is 4.81. The zero-order valence-corrected chi connectivity index (χ0v) is 20.2. The molecule has 4 heteroatoms. The number of nitrogens with zero attached hydrogens (tertiary/aromatic N) is 2. The molecular formula is C32H30N2O2. The predicted molar refractivity (Wildman–Crippen MR) is 147 cm³/mol. The minimum Gasteiger partial charge on any atom is -0.372 e. The number of para-hydroxylation sites is 3. The Balaban J connectivity index is 1.38. The van der Waals surface area contributed by atoms with Crippen LogP contribution in [0.4, 0.5) is 11.4 Å². The number of benzene rings is 4. The maximum absolute atomic E-state index is 6.57. The minimum absolute atomic E-state index is 0.0483. The summed E-state index contributed by atoms with van der Waals surface area (Å²) in [5.74, 6) is 0. The van der Waals surface area contributed by atoms with Crippen LogP contribution in [0.15, 0.2) is 121 Å². The summed E-state index contributed by atoms with van der Waals surface area (Å²) < 4.78 is 14.5. The Morgan fingerprint density at radius 2 is 1.36 bits per heavy atom. The quantitative estimate of drug-likeness (QED) is 0.206. The molecule has 1 fully saturated rings. The molecule has 6 rings (SSSR count). The van der Waals surface area contributed by atoms with Gasteiger partial charge in [0.25, 0.3) is 0 Å². The van der Waals surface area contributed by atoms with Crippen molar-refractivity contribution in [2.75, 3.05) is 24.7 Å². The van der Waals surface area contributed by atoms with Gasteiger partial charge in [-0.3, -0.25) is 0 Å². The average molecular weight is 475 g/mol. The van der Waals surface area contributed by atoms with E-state index >= 15 is 0 Å². The van der Waals surface area contributed by atoms with Gasteiger partial charge >= 0.3 is 0 Å². The molecule has 0 bridgehead atoms. The van der Waals surface area contributed by atoms with Gasteiger partial charge in [0.05, 0.1) is 32.4 Å². The topological polar surface area (TPSA) is 29.9 Å². The van der Waals surface area contributed by atoms with Crippen LogP contribution in [0.3, 0.4) is 0 Å². The van der Waals surface area contributed by atoms with Crippen LogP contribution in [0.25, 0.3) is 22.2 Å². The van der Waals surface area contributed by atoms with Crippen LogP contribution in [0.2, 0.25) is 0 Å². The van der Waals surface area contributed by atoms with Crippen LogP contribution in [0.5, 0.6) is 0 Å². The lowest BCUT2D eigenvalue weighted by Gasteiger charge is -2.30. The van der Waals surface area contributed by atoms with E-state index in [1.165, 1.54) is 22.2 Å². The first-order valence-corrected chi connectivity index (χ1v) is 12.6. The molecular weight excluding hydrogens is 444 g/mol. The SMILES string of the molecule is c1ccc(-c2cc3ccccc3n2C[C@@H](CN(c2ccccc2)c2ccccc2)OC[C@H]2CO2)cc1. The van der Waals surface area contributed by atoms with Gasteiger partial charge in [-0.15, -0.1) is 0 Å². The predicted octanol–water partition coefficient (Wildman–Crippen LogP) is 6.93. The first kappa shape index (κ1) is 22.6. The number of epoxide rings is 1. The molecule has 0 saturated carbocycles. The fraction of sp³-hybridized carbons (Fsp3) is 0.188. The summed E-state index contributed by atoms with van der Waals surface area (Å²) in [6.07, 6.45) is 0.164. The fourth-order valence-corrected chi connectivity index (χ4v) is 4.81. The molecule has 1 aliphatic rings. The lowest BCUT2D eigenvalue weighted by molar-refractivity contribution is 0.0385. The summed E-state index contributed by atoms with van der Waals surface area (Å²) in [5.41, 5.74) is 5.94. The van der Waals surface area contributed by atoms with Crippen molar-refractivity contribution in [2.45, 2.75) is 18.8 Å². The molecule has 5 aromatic rings. The standard InChI is InChI=1S/C32H30N2O2/c1-4-12-25(13-5-1)32-20-26-14-10-11-19-31(26)34(32)22-29(35-23-30-24-36-30)21-33(27-15-6-2-7-16-27)28-17-8-3-9-18-28/h1-20,29-30H,21-24H2/t29-,30+/m1/s1. The second-order valence-electron chi connectivity index (χ2n) is 9.26. The average Bonchev–Trinajstić information content (AvgIpc) is 3.71. The van der Waals surface area contributed by atoms with E-state index in [4.69, 9.17) is 9.47 Å². The van der Waals surface area contributed by atoms with Gasteiger partial charge in [-0.1, -0.05) is 84.9 Å². The molecule has 0 spiro atoms. The van der Waals surface area contributed by atoms with Gasteiger partial charge in [0.15, 0.2) is 0 Å². The van der Waals surface area contributed by atoms with E-state index in [0.29, 0.717) is 6.61 Å². The highest BCUT2D eigenvalue weighted by Crippen LogP contribution is 2.31. The summed E-state index contributed by atoms with van der Waals surface area (Å²) >= 11 is 0. The second kappa shape index (κ2) is 10.4. The highest BCUT2D eigenvalue weighted by Gasteiger charge is 2.26. The molecule has 0 unspecified atom stereocenters. The highest BCUT2D eigenvalue weighted by molar-refractivity contribution is 5.87. The third kappa shape index (κ3) is 5.06. The summed E-state index contributed by atoms with van der Waals surface area (Å²) in [6.45, 7) is 2.86. The number of fused-ring (bicyclic) bond motifs is 1. The van der Waals surface area contributed by atoms with Crippen molar-refractivity contribution < 1.29 is 9.47 Å². The van der Waals surface area contributed by atoms with Crippen LogP contribution in [-0.4, -0.2) is 36.5 Å². The molecule has 0 amide bonds. The van der Waals surface area contributed by atoms with Crippen LogP contribution in [-0.2, 0) is 16.0 Å². The Bertz CT molecular complexity index is 1360. The Kier molecular flexibility index (Phi) is 6.53. The van der Waals surface area contributed by atoms with Crippen molar-refractivity contribution in [2.24, 2.45) is 0 Å². The zero-order chi connectivity index (χ0) is 24.2. The summed E-state index contributed by atoms with van der Waals surface area (Å²) in [4.78, 5) is 2.35. The minimum atomic E-state index is -0.0483. The van der Waals surface area contributed by atoms with Gasteiger partial charge < -0.3 is 18.9 Å². The van der Waals surface area contributed by atoms with Crippen LogP contribution < -0.4 is 4.90 Å². The number of rotatable bonds is 10. The molecule has 0 N–H and O–H groups in total. The summed E-state index contributed by atoms with van der Waals surface area (Å²) in [6, 6.07) is 42.6. The van der Waals surface area contributed by atoms with Gasteiger partial charge in [-0.2, -0.15) is 0 Å². The van der Waals surface area contributed by atoms with E-state index < -0.39 is 0 Å². The third-order valence-corrected chi connectivity index (χ3v) is 6.71. The van der Waals surface area contributed by atoms with E-state index in [1.807, 2.05) is 0 Å². The highest BCUT2D eigenvalue weighted by atomic mass is 16.6. The molecule has 4 aromatic carbocycles. The van der Waals surface area contributed by atoms with E-state index in [0.717, 1.165) is 31.1 Å². The molecule has 1 aliphatic heterocycles. The molecule has 1 saturated heterocycles. The number of hydrogen-bond donors (Lipinski definition) is 0. The lowest BCUT2D eigenvalue weighted by atomic mass is 10.1. The van der Waals surface area contributed by atoms with Crippen molar-refractivity contribution in [1.29, 1.82) is 0 Å². The Morgan fingerprint density at radius 1 is 0.778 bits per heavy atom. The smallest absolute Gasteiger partial charge is 0.104 e. The van der Waals surface area contributed by atoms with Crippen molar-refractivity contribution in [3.63, 3.8) is 0 Å². The van der Waals surface area contributed by atoms with Gasteiger partial charge in [0.2, 0.25) is 0 Å². The Labute approximate surface area is 212 Å². The molecule has 36 heavy (non-hydrogen) atoms. The molecule has 4 nitrogen and oxygen atoms in total. The molecule has 0 aliphatic carbocycles. The Morgan fingerprint density at radius 3 is 2.00 bits per heavy atom. The first-order chi connectivity index (χ1) is 17.8. The molecule has 2 heterocycles.